The third kappa shape index (κ3) is 2.74. The lowest BCUT2D eigenvalue weighted by molar-refractivity contribution is 0.627. The summed E-state index contributed by atoms with van der Waals surface area (Å²) in [6.45, 7) is 3.74. The van der Waals surface area contributed by atoms with Gasteiger partial charge in [-0.1, -0.05) is 0 Å². The van der Waals surface area contributed by atoms with Crippen molar-refractivity contribution in [2.75, 3.05) is 17.7 Å². The summed E-state index contributed by atoms with van der Waals surface area (Å²) in [6.07, 6.45) is 1.72. The van der Waals surface area contributed by atoms with E-state index in [4.69, 9.17) is 0 Å². The number of anilines is 3. The average Bonchev–Trinajstić information content (AvgIpc) is 2.30. The van der Waals surface area contributed by atoms with E-state index < -0.39 is 0 Å². The zero-order chi connectivity index (χ0) is 13.1. The van der Waals surface area contributed by atoms with E-state index in [1.165, 1.54) is 12.1 Å². The number of hydrogen-bond acceptors (Lipinski definition) is 4. The molecule has 1 aromatic carbocycles. The molecule has 1 aromatic heterocycles. The topological polar surface area (TPSA) is 49.8 Å². The summed E-state index contributed by atoms with van der Waals surface area (Å²) < 4.78 is 13.3. The maximum atomic E-state index is 13.3. The molecule has 5 heteroatoms. The molecule has 0 saturated heterocycles. The number of rotatable bonds is 3. The fourth-order valence-corrected chi connectivity index (χ4v) is 1.63. The van der Waals surface area contributed by atoms with E-state index in [9.17, 15) is 4.39 Å². The Balaban J connectivity index is 2.33. The predicted molar refractivity (Wildman–Crippen MR) is 70.7 cm³/mol. The number of halogens is 1. The zero-order valence-corrected chi connectivity index (χ0v) is 10.6. The molecule has 0 bridgehead atoms. The van der Waals surface area contributed by atoms with Crippen molar-refractivity contribution in [1.29, 1.82) is 0 Å². The molecule has 94 valence electrons. The molecule has 0 radical (unpaired) electrons. The first kappa shape index (κ1) is 12.3. The van der Waals surface area contributed by atoms with Crippen molar-refractivity contribution in [3.63, 3.8) is 0 Å². The molecule has 0 aliphatic heterocycles. The van der Waals surface area contributed by atoms with Crippen LogP contribution in [0, 0.1) is 19.7 Å². The van der Waals surface area contributed by atoms with E-state index in [0.29, 0.717) is 17.5 Å². The van der Waals surface area contributed by atoms with Gasteiger partial charge in [0.2, 0.25) is 5.95 Å². The Morgan fingerprint density at radius 1 is 1.17 bits per heavy atom. The Hall–Kier alpha value is -2.17. The summed E-state index contributed by atoms with van der Waals surface area (Å²) in [5, 5.41) is 5.96. The van der Waals surface area contributed by atoms with E-state index in [2.05, 4.69) is 20.6 Å². The molecular formula is C13H15FN4. The number of aromatic nitrogens is 2. The minimum Gasteiger partial charge on any atom is -0.357 e. The first-order chi connectivity index (χ1) is 8.58. The summed E-state index contributed by atoms with van der Waals surface area (Å²) in [4.78, 5) is 8.39. The average molecular weight is 246 g/mol. The Labute approximate surface area is 105 Å². The fraction of sp³-hybridized carbons (Fsp3) is 0.231. The van der Waals surface area contributed by atoms with Gasteiger partial charge >= 0.3 is 0 Å². The first-order valence-electron chi connectivity index (χ1n) is 5.64. The largest absolute Gasteiger partial charge is 0.357 e. The highest BCUT2D eigenvalue weighted by atomic mass is 19.1. The van der Waals surface area contributed by atoms with E-state index >= 15 is 0 Å². The molecule has 0 aliphatic carbocycles. The number of aryl methyl sites for hydroxylation is 2. The minimum absolute atomic E-state index is 0.266. The number of nitrogens with one attached hydrogen (secondary N) is 2. The Morgan fingerprint density at radius 3 is 2.61 bits per heavy atom. The first-order valence-corrected chi connectivity index (χ1v) is 5.64. The molecule has 1 heterocycles. The summed E-state index contributed by atoms with van der Waals surface area (Å²) in [5.41, 5.74) is 2.44. The highest BCUT2D eigenvalue weighted by Crippen LogP contribution is 2.20. The van der Waals surface area contributed by atoms with Gasteiger partial charge in [-0.3, -0.25) is 0 Å². The van der Waals surface area contributed by atoms with Crippen LogP contribution in [0.3, 0.4) is 0 Å². The van der Waals surface area contributed by atoms with Crippen LogP contribution in [0.2, 0.25) is 0 Å². The number of nitrogens with zero attached hydrogens (tertiary/aromatic N) is 2. The lowest BCUT2D eigenvalue weighted by Crippen LogP contribution is -2.02. The Bertz CT molecular complexity index is 549. The van der Waals surface area contributed by atoms with Crippen LogP contribution in [0.4, 0.5) is 21.8 Å². The van der Waals surface area contributed by atoms with Gasteiger partial charge in [0.1, 0.15) is 11.6 Å². The van der Waals surface area contributed by atoms with Crippen molar-refractivity contribution in [3.8, 4) is 0 Å². The van der Waals surface area contributed by atoms with Crippen LogP contribution in [-0.2, 0) is 0 Å². The molecule has 0 spiro atoms. The second kappa shape index (κ2) is 5.00. The van der Waals surface area contributed by atoms with Gasteiger partial charge in [-0.05, 0) is 37.6 Å². The second-order valence-corrected chi connectivity index (χ2v) is 4.12. The van der Waals surface area contributed by atoms with Crippen LogP contribution in [0.25, 0.3) is 0 Å². The van der Waals surface area contributed by atoms with Gasteiger partial charge in [0.25, 0.3) is 0 Å². The molecule has 2 aromatic rings. The van der Waals surface area contributed by atoms with Gasteiger partial charge in [0.05, 0.1) is 0 Å². The lowest BCUT2D eigenvalue weighted by Gasteiger charge is -2.10. The van der Waals surface area contributed by atoms with Crippen LogP contribution in [0.5, 0.6) is 0 Å². The molecule has 0 saturated carbocycles. The van der Waals surface area contributed by atoms with Crippen molar-refractivity contribution >= 4 is 17.5 Å². The van der Waals surface area contributed by atoms with Crippen LogP contribution >= 0.6 is 0 Å². The van der Waals surface area contributed by atoms with E-state index in [1.807, 2.05) is 19.9 Å². The molecule has 2 N–H and O–H groups in total. The number of benzene rings is 1. The molecule has 2 rings (SSSR count). The predicted octanol–water partition coefficient (Wildman–Crippen LogP) is 3.02. The summed E-state index contributed by atoms with van der Waals surface area (Å²) in [5.74, 6) is 0.925. The molecule has 0 amide bonds. The quantitative estimate of drug-likeness (QED) is 0.874. The van der Waals surface area contributed by atoms with Gasteiger partial charge < -0.3 is 10.6 Å². The molecule has 18 heavy (non-hydrogen) atoms. The number of hydrogen-bond donors (Lipinski definition) is 2. The van der Waals surface area contributed by atoms with E-state index in [1.54, 1.807) is 13.2 Å². The molecule has 0 atom stereocenters. The second-order valence-electron chi connectivity index (χ2n) is 4.12. The summed E-state index contributed by atoms with van der Waals surface area (Å²) in [7, 11) is 1.75. The fourth-order valence-electron chi connectivity index (χ4n) is 1.63. The van der Waals surface area contributed by atoms with Crippen LogP contribution < -0.4 is 10.6 Å². The van der Waals surface area contributed by atoms with Crippen LogP contribution in [-0.4, -0.2) is 17.0 Å². The maximum absolute atomic E-state index is 13.3. The standard InChI is InChI=1S/C13H15FN4/c1-8-4-10(14)6-11(5-8)17-12-9(2)7-16-13(15-3)18-12/h4-7H,1-3H3,(H2,15,16,17,18). The smallest absolute Gasteiger partial charge is 0.224 e. The third-order valence-electron chi connectivity index (χ3n) is 2.50. The molecule has 0 aliphatic rings. The molecular weight excluding hydrogens is 231 g/mol. The van der Waals surface area contributed by atoms with Gasteiger partial charge in [0, 0.05) is 24.5 Å². The van der Waals surface area contributed by atoms with Crippen LogP contribution in [0.15, 0.2) is 24.4 Å². The van der Waals surface area contributed by atoms with Gasteiger partial charge in [-0.15, -0.1) is 0 Å². The Morgan fingerprint density at radius 2 is 1.94 bits per heavy atom. The third-order valence-corrected chi connectivity index (χ3v) is 2.50. The van der Waals surface area contributed by atoms with Crippen molar-refractivity contribution < 1.29 is 4.39 Å². The normalized spacial score (nSPS) is 10.2. The van der Waals surface area contributed by atoms with Gasteiger partial charge in [0.15, 0.2) is 0 Å². The minimum atomic E-state index is -0.266. The summed E-state index contributed by atoms with van der Waals surface area (Å²) in [6, 6.07) is 4.79. The highest BCUT2D eigenvalue weighted by molar-refractivity contribution is 5.60. The van der Waals surface area contributed by atoms with Gasteiger partial charge in [-0.25, -0.2) is 9.37 Å². The van der Waals surface area contributed by atoms with E-state index in [0.717, 1.165) is 11.1 Å². The zero-order valence-electron chi connectivity index (χ0n) is 10.6. The monoisotopic (exact) mass is 246 g/mol. The van der Waals surface area contributed by atoms with Crippen molar-refractivity contribution in [2.45, 2.75) is 13.8 Å². The van der Waals surface area contributed by atoms with Crippen molar-refractivity contribution in [2.24, 2.45) is 0 Å². The SMILES string of the molecule is CNc1ncc(C)c(Nc2cc(C)cc(F)c2)n1. The van der Waals surface area contributed by atoms with Crippen molar-refractivity contribution in [1.82, 2.24) is 9.97 Å². The Kier molecular flexibility index (Phi) is 3.41. The molecule has 0 fully saturated rings. The van der Waals surface area contributed by atoms with Gasteiger partial charge in [-0.2, -0.15) is 4.98 Å². The summed E-state index contributed by atoms with van der Waals surface area (Å²) >= 11 is 0. The maximum Gasteiger partial charge on any atom is 0.224 e. The van der Waals surface area contributed by atoms with Crippen molar-refractivity contribution in [3.05, 3.63) is 41.3 Å². The molecule has 4 nitrogen and oxygen atoms in total. The molecule has 0 unspecified atom stereocenters. The highest BCUT2D eigenvalue weighted by Gasteiger charge is 2.04. The van der Waals surface area contributed by atoms with Crippen LogP contribution in [0.1, 0.15) is 11.1 Å². The van der Waals surface area contributed by atoms with E-state index in [-0.39, 0.29) is 5.82 Å². The lowest BCUT2D eigenvalue weighted by atomic mass is 10.2.